The third kappa shape index (κ3) is 2.98. The smallest absolute Gasteiger partial charge is 0.195 e. The molecule has 22 heavy (non-hydrogen) atoms. The van der Waals surface area contributed by atoms with Crippen LogP contribution >= 0.6 is 0 Å². The van der Waals surface area contributed by atoms with Crippen LogP contribution in [0.2, 0.25) is 0 Å². The quantitative estimate of drug-likeness (QED) is 0.801. The maximum atomic E-state index is 12.8. The van der Waals surface area contributed by atoms with E-state index in [0.717, 1.165) is 30.1 Å². The maximum Gasteiger partial charge on any atom is 0.195 e. The van der Waals surface area contributed by atoms with Crippen LogP contribution in [0.1, 0.15) is 35.2 Å². The molecule has 0 atom stereocenters. The van der Waals surface area contributed by atoms with Gasteiger partial charge in [0.05, 0.1) is 7.11 Å². The molecule has 0 aliphatic carbocycles. The van der Waals surface area contributed by atoms with E-state index >= 15 is 0 Å². The van der Waals surface area contributed by atoms with Crippen molar-refractivity contribution in [2.24, 2.45) is 0 Å². The molecule has 0 unspecified atom stereocenters. The molecule has 1 heterocycles. The second kappa shape index (κ2) is 6.65. The summed E-state index contributed by atoms with van der Waals surface area (Å²) in [7, 11) is 1.63. The number of ketones is 1. The Labute approximate surface area is 131 Å². The lowest BCUT2D eigenvalue weighted by Crippen LogP contribution is -2.30. The van der Waals surface area contributed by atoms with Gasteiger partial charge in [0.1, 0.15) is 5.75 Å². The Morgan fingerprint density at radius 2 is 1.64 bits per heavy atom. The van der Waals surface area contributed by atoms with Gasteiger partial charge in [0.15, 0.2) is 5.78 Å². The molecule has 1 saturated heterocycles. The fourth-order valence-electron chi connectivity index (χ4n) is 2.97. The summed E-state index contributed by atoms with van der Waals surface area (Å²) in [5.41, 5.74) is 2.54. The lowest BCUT2D eigenvalue weighted by atomic mass is 9.99. The summed E-state index contributed by atoms with van der Waals surface area (Å²) < 4.78 is 5.15. The highest BCUT2D eigenvalue weighted by Crippen LogP contribution is 2.26. The normalized spacial score (nSPS) is 14.7. The molecule has 0 bridgehead atoms. The first-order valence-electron chi connectivity index (χ1n) is 7.82. The van der Waals surface area contributed by atoms with E-state index in [1.807, 2.05) is 42.5 Å². The van der Waals surface area contributed by atoms with E-state index in [1.165, 1.54) is 19.3 Å². The van der Waals surface area contributed by atoms with Crippen LogP contribution in [0.3, 0.4) is 0 Å². The topological polar surface area (TPSA) is 29.5 Å². The number of piperidine rings is 1. The van der Waals surface area contributed by atoms with Crippen LogP contribution in [0.25, 0.3) is 0 Å². The molecule has 3 rings (SSSR count). The van der Waals surface area contributed by atoms with Gasteiger partial charge in [0.25, 0.3) is 0 Å². The zero-order valence-electron chi connectivity index (χ0n) is 12.9. The van der Waals surface area contributed by atoms with E-state index < -0.39 is 0 Å². The monoisotopic (exact) mass is 295 g/mol. The van der Waals surface area contributed by atoms with Crippen LogP contribution in [-0.4, -0.2) is 26.0 Å². The molecule has 2 aromatic carbocycles. The molecule has 0 aromatic heterocycles. The largest absolute Gasteiger partial charge is 0.497 e. The molecular formula is C19H21NO2. The summed E-state index contributed by atoms with van der Waals surface area (Å²) in [5, 5.41) is 0. The minimum Gasteiger partial charge on any atom is -0.497 e. The van der Waals surface area contributed by atoms with Gasteiger partial charge >= 0.3 is 0 Å². The summed E-state index contributed by atoms with van der Waals surface area (Å²) in [5.74, 6) is 0.838. The van der Waals surface area contributed by atoms with Crippen molar-refractivity contribution in [3.05, 3.63) is 59.7 Å². The van der Waals surface area contributed by atoms with Crippen molar-refractivity contribution >= 4 is 11.5 Å². The van der Waals surface area contributed by atoms with Crippen molar-refractivity contribution < 1.29 is 9.53 Å². The van der Waals surface area contributed by atoms with E-state index in [0.29, 0.717) is 5.56 Å². The lowest BCUT2D eigenvalue weighted by molar-refractivity contribution is 0.103. The van der Waals surface area contributed by atoms with Gasteiger partial charge in [0.2, 0.25) is 0 Å². The van der Waals surface area contributed by atoms with Crippen molar-refractivity contribution in [3.8, 4) is 5.75 Å². The Bertz CT molecular complexity index is 643. The molecular weight excluding hydrogens is 274 g/mol. The second-order valence-corrected chi connectivity index (χ2v) is 5.62. The predicted molar refractivity (Wildman–Crippen MR) is 88.9 cm³/mol. The third-order valence-electron chi connectivity index (χ3n) is 4.20. The number of carbonyl (C=O) groups is 1. The van der Waals surface area contributed by atoms with E-state index in [-0.39, 0.29) is 5.78 Å². The Kier molecular flexibility index (Phi) is 4.42. The highest BCUT2D eigenvalue weighted by molar-refractivity contribution is 6.12. The Morgan fingerprint density at radius 1 is 0.955 bits per heavy atom. The number of nitrogens with zero attached hydrogens (tertiary/aromatic N) is 1. The van der Waals surface area contributed by atoms with Crippen LogP contribution in [0.5, 0.6) is 5.75 Å². The van der Waals surface area contributed by atoms with E-state index in [9.17, 15) is 4.79 Å². The van der Waals surface area contributed by atoms with E-state index in [2.05, 4.69) is 11.0 Å². The van der Waals surface area contributed by atoms with Gasteiger partial charge in [-0.1, -0.05) is 12.1 Å². The first kappa shape index (κ1) is 14.6. The number of hydrogen-bond donors (Lipinski definition) is 0. The van der Waals surface area contributed by atoms with Gasteiger partial charge in [0, 0.05) is 29.9 Å². The lowest BCUT2D eigenvalue weighted by Gasteiger charge is -2.30. The summed E-state index contributed by atoms with van der Waals surface area (Å²) in [6.45, 7) is 2.07. The fourth-order valence-corrected chi connectivity index (χ4v) is 2.97. The molecule has 1 fully saturated rings. The molecule has 3 nitrogen and oxygen atoms in total. The van der Waals surface area contributed by atoms with Gasteiger partial charge in [-0.3, -0.25) is 4.79 Å². The van der Waals surface area contributed by atoms with Gasteiger partial charge in [-0.2, -0.15) is 0 Å². The fraction of sp³-hybridized carbons (Fsp3) is 0.316. The third-order valence-corrected chi connectivity index (χ3v) is 4.20. The minimum atomic E-state index is 0.0730. The molecule has 0 saturated carbocycles. The van der Waals surface area contributed by atoms with Crippen molar-refractivity contribution in [3.63, 3.8) is 0 Å². The average molecular weight is 295 g/mol. The standard InChI is InChI=1S/C19H21NO2/c1-22-16-11-9-15(10-12-16)19(21)17-7-3-4-8-18(17)20-13-5-2-6-14-20/h3-4,7-12H,2,5-6,13-14H2,1H3. The van der Waals surface area contributed by atoms with E-state index in [4.69, 9.17) is 4.74 Å². The SMILES string of the molecule is COc1ccc(C(=O)c2ccccc2N2CCCCC2)cc1. The molecule has 2 aromatic rings. The number of benzene rings is 2. The van der Waals surface area contributed by atoms with Crippen LogP contribution in [0.4, 0.5) is 5.69 Å². The van der Waals surface area contributed by atoms with Crippen molar-refractivity contribution in [2.45, 2.75) is 19.3 Å². The van der Waals surface area contributed by atoms with Crippen LogP contribution in [0.15, 0.2) is 48.5 Å². The first-order valence-corrected chi connectivity index (χ1v) is 7.82. The Morgan fingerprint density at radius 3 is 2.32 bits per heavy atom. The highest BCUT2D eigenvalue weighted by atomic mass is 16.5. The number of para-hydroxylation sites is 1. The van der Waals surface area contributed by atoms with E-state index in [1.54, 1.807) is 7.11 Å². The number of rotatable bonds is 4. The predicted octanol–water partition coefficient (Wildman–Crippen LogP) is 3.92. The number of methoxy groups -OCH3 is 1. The molecule has 0 radical (unpaired) electrons. The second-order valence-electron chi connectivity index (χ2n) is 5.62. The first-order chi connectivity index (χ1) is 10.8. The maximum absolute atomic E-state index is 12.8. The van der Waals surface area contributed by atoms with Gasteiger partial charge in [-0.05, 0) is 55.7 Å². The van der Waals surface area contributed by atoms with Crippen molar-refractivity contribution in [2.75, 3.05) is 25.1 Å². The van der Waals surface area contributed by atoms with Gasteiger partial charge in [-0.25, -0.2) is 0 Å². The van der Waals surface area contributed by atoms with Crippen LogP contribution in [-0.2, 0) is 0 Å². The number of anilines is 1. The van der Waals surface area contributed by atoms with Crippen molar-refractivity contribution in [1.82, 2.24) is 0 Å². The Balaban J connectivity index is 1.91. The van der Waals surface area contributed by atoms with Gasteiger partial charge in [-0.15, -0.1) is 0 Å². The molecule has 3 heteroatoms. The molecule has 1 aliphatic rings. The van der Waals surface area contributed by atoms with Crippen LogP contribution in [0, 0.1) is 0 Å². The van der Waals surface area contributed by atoms with Crippen molar-refractivity contribution in [1.29, 1.82) is 0 Å². The average Bonchev–Trinajstić information content (AvgIpc) is 2.62. The molecule has 0 amide bonds. The molecule has 114 valence electrons. The molecule has 0 N–H and O–H groups in total. The minimum absolute atomic E-state index is 0.0730. The number of carbonyl (C=O) groups excluding carboxylic acids is 1. The summed E-state index contributed by atoms with van der Waals surface area (Å²) in [6.07, 6.45) is 3.68. The van der Waals surface area contributed by atoms with Gasteiger partial charge < -0.3 is 9.64 Å². The number of ether oxygens (including phenoxy) is 1. The zero-order chi connectivity index (χ0) is 15.4. The summed E-state index contributed by atoms with van der Waals surface area (Å²) in [4.78, 5) is 15.2. The number of hydrogen-bond acceptors (Lipinski definition) is 3. The zero-order valence-corrected chi connectivity index (χ0v) is 12.9. The summed E-state index contributed by atoms with van der Waals surface area (Å²) >= 11 is 0. The summed E-state index contributed by atoms with van der Waals surface area (Å²) in [6, 6.07) is 15.2. The van der Waals surface area contributed by atoms with Crippen LogP contribution < -0.4 is 9.64 Å². The Hall–Kier alpha value is -2.29. The highest BCUT2D eigenvalue weighted by Gasteiger charge is 2.19. The molecule has 1 aliphatic heterocycles. The molecule has 0 spiro atoms.